The van der Waals surface area contributed by atoms with Crippen molar-refractivity contribution in [3.05, 3.63) is 72.8 Å². The molecule has 1 amide bonds. The summed E-state index contributed by atoms with van der Waals surface area (Å²) in [6, 6.07) is 24.0. The van der Waals surface area contributed by atoms with Gasteiger partial charge in [-0.05, 0) is 20.5 Å². The third-order valence-electron chi connectivity index (χ3n) is 2.62. The largest absolute Gasteiger partial charge is 0.469 e. The SMILES string of the molecule is C.C.C.C.CC.CC.CCNC.CCOC.CNC(C)=O.COC(C)=O.c1ccccc1.c1ccccc1. The minimum absolute atomic E-state index is 0. The number of ether oxygens (including phenoxy) is 2. The van der Waals surface area contributed by atoms with Crippen LogP contribution < -0.4 is 10.6 Å². The van der Waals surface area contributed by atoms with Gasteiger partial charge in [0.05, 0.1) is 7.11 Å². The molecule has 6 heteroatoms. The fourth-order valence-corrected chi connectivity index (χ4v) is 0.770. The lowest BCUT2D eigenvalue weighted by atomic mass is 10.4. The zero-order valence-electron chi connectivity index (χ0n) is 24.0. The molecular formula is C32H70N2O4. The van der Waals surface area contributed by atoms with Crippen molar-refractivity contribution in [1.29, 1.82) is 0 Å². The van der Waals surface area contributed by atoms with Crippen LogP contribution in [0, 0.1) is 0 Å². The Labute approximate surface area is 241 Å². The maximum absolute atomic E-state index is 9.70. The van der Waals surface area contributed by atoms with Gasteiger partial charge in [0.1, 0.15) is 0 Å². The molecule has 2 aromatic carbocycles. The highest BCUT2D eigenvalue weighted by Gasteiger charge is 1.75. The summed E-state index contributed by atoms with van der Waals surface area (Å²) in [7, 11) is 6.56. The molecule has 0 saturated carbocycles. The van der Waals surface area contributed by atoms with E-state index >= 15 is 0 Å². The zero-order valence-corrected chi connectivity index (χ0v) is 24.0. The van der Waals surface area contributed by atoms with Gasteiger partial charge in [-0.2, -0.15) is 0 Å². The molecule has 0 atom stereocenters. The van der Waals surface area contributed by atoms with E-state index in [1.54, 1.807) is 14.2 Å². The summed E-state index contributed by atoms with van der Waals surface area (Å²) < 4.78 is 8.65. The van der Waals surface area contributed by atoms with Crippen molar-refractivity contribution in [2.45, 2.75) is 85.1 Å². The zero-order chi connectivity index (χ0) is 27.9. The molecule has 2 aromatic rings. The average molecular weight is 547 g/mol. The van der Waals surface area contributed by atoms with E-state index in [-0.39, 0.29) is 41.6 Å². The Balaban J connectivity index is -0.0000000297. The number of hydrogen-bond donors (Lipinski definition) is 2. The highest BCUT2D eigenvalue weighted by atomic mass is 16.5. The van der Waals surface area contributed by atoms with Crippen molar-refractivity contribution in [1.82, 2.24) is 10.6 Å². The van der Waals surface area contributed by atoms with E-state index in [1.807, 2.05) is 114 Å². The first-order chi connectivity index (χ1) is 16.4. The predicted octanol–water partition coefficient (Wildman–Crippen LogP) is 8.78. The van der Waals surface area contributed by atoms with Gasteiger partial charge in [0.2, 0.25) is 5.91 Å². The minimum atomic E-state index is -0.245. The Morgan fingerprint density at radius 3 is 0.763 bits per heavy atom. The fraction of sp³-hybridized carbons (Fsp3) is 0.562. The van der Waals surface area contributed by atoms with Crippen LogP contribution in [0.25, 0.3) is 0 Å². The Morgan fingerprint density at radius 1 is 0.605 bits per heavy atom. The monoisotopic (exact) mass is 547 g/mol. The summed E-state index contributed by atoms with van der Waals surface area (Å²) >= 11 is 0. The summed E-state index contributed by atoms with van der Waals surface area (Å²) in [5.74, 6) is -0.241. The van der Waals surface area contributed by atoms with Crippen molar-refractivity contribution in [2.75, 3.05) is 41.5 Å². The smallest absolute Gasteiger partial charge is 0.302 e. The molecule has 0 aliphatic rings. The van der Waals surface area contributed by atoms with E-state index in [0.717, 1.165) is 13.2 Å². The molecule has 232 valence electrons. The number of carbonyl (C=O) groups is 2. The van der Waals surface area contributed by atoms with Crippen LogP contribution in [0.15, 0.2) is 72.8 Å². The van der Waals surface area contributed by atoms with Crippen molar-refractivity contribution in [2.24, 2.45) is 0 Å². The topological polar surface area (TPSA) is 76.7 Å². The molecule has 6 nitrogen and oxygen atoms in total. The maximum Gasteiger partial charge on any atom is 0.302 e. The molecule has 2 rings (SSSR count). The lowest BCUT2D eigenvalue weighted by Crippen LogP contribution is -2.11. The highest BCUT2D eigenvalue weighted by Crippen LogP contribution is 1.80. The molecule has 2 N–H and O–H groups in total. The van der Waals surface area contributed by atoms with E-state index < -0.39 is 0 Å². The first kappa shape index (κ1) is 64.9. The number of nitrogens with one attached hydrogen (secondary N) is 2. The summed E-state index contributed by atoms with van der Waals surface area (Å²) in [6.45, 7) is 16.8. The molecular weight excluding hydrogens is 476 g/mol. The second-order valence-corrected chi connectivity index (χ2v) is 5.10. The van der Waals surface area contributed by atoms with Crippen LogP contribution in [-0.4, -0.2) is 53.3 Å². The van der Waals surface area contributed by atoms with Gasteiger partial charge in [-0.25, -0.2) is 0 Å². The molecule has 0 radical (unpaired) electrons. The number of esters is 1. The number of amides is 1. The minimum Gasteiger partial charge on any atom is -0.469 e. The van der Waals surface area contributed by atoms with Crippen LogP contribution in [0.2, 0.25) is 0 Å². The fourth-order valence-electron chi connectivity index (χ4n) is 0.770. The Hall–Kier alpha value is -2.70. The summed E-state index contributed by atoms with van der Waals surface area (Å²) in [4.78, 5) is 19.3. The van der Waals surface area contributed by atoms with E-state index in [2.05, 4.69) is 27.0 Å². The van der Waals surface area contributed by atoms with Gasteiger partial charge in [-0.1, -0.05) is 137 Å². The molecule has 0 aliphatic carbocycles. The first-order valence-electron chi connectivity index (χ1n) is 11.7. The van der Waals surface area contributed by atoms with Gasteiger partial charge in [0.15, 0.2) is 0 Å². The second-order valence-electron chi connectivity index (χ2n) is 5.10. The Morgan fingerprint density at radius 2 is 0.737 bits per heavy atom. The summed E-state index contributed by atoms with van der Waals surface area (Å²) in [5, 5.41) is 5.32. The Bertz CT molecular complexity index is 419. The number of benzene rings is 2. The first-order valence-corrected chi connectivity index (χ1v) is 11.7. The summed E-state index contributed by atoms with van der Waals surface area (Å²) in [5.41, 5.74) is 0. The predicted molar refractivity (Wildman–Crippen MR) is 177 cm³/mol. The molecule has 0 bridgehead atoms. The second kappa shape index (κ2) is 83.8. The molecule has 0 saturated heterocycles. The maximum atomic E-state index is 9.70. The number of hydrogen-bond acceptors (Lipinski definition) is 5. The van der Waals surface area contributed by atoms with E-state index in [1.165, 1.54) is 21.0 Å². The number of carbonyl (C=O) groups excluding carboxylic acids is 2. The molecule has 0 spiro atoms. The van der Waals surface area contributed by atoms with Gasteiger partial charge in [-0.3, -0.25) is 9.59 Å². The molecule has 0 aliphatic heterocycles. The van der Waals surface area contributed by atoms with Gasteiger partial charge in [-0.15, -0.1) is 0 Å². The van der Waals surface area contributed by atoms with Crippen LogP contribution in [0.4, 0.5) is 0 Å². The van der Waals surface area contributed by atoms with Gasteiger partial charge in [0, 0.05) is 34.6 Å². The van der Waals surface area contributed by atoms with E-state index in [9.17, 15) is 9.59 Å². The van der Waals surface area contributed by atoms with Crippen LogP contribution in [0.3, 0.4) is 0 Å². The highest BCUT2D eigenvalue weighted by molar-refractivity contribution is 5.72. The molecule has 0 aromatic heterocycles. The standard InChI is InChI=1S/2C6H6.C3H7NO.C3H9N.C3H6O2.C3H8O.2C2H6.4CH4/c2*1-2-4-6-5-3-1;1-3(5)4-2;1-3-4-2;1-3(4)5-2;1-3-4-2;2*1-2;;;;/h2*1-6H;1-2H3,(H,4,5);4H,3H2,1-2H3;1-2H3;3H2,1-2H3;2*1-2H3;4*1H4. The van der Waals surface area contributed by atoms with Gasteiger partial charge in [0.25, 0.3) is 0 Å². The van der Waals surface area contributed by atoms with Crippen molar-refractivity contribution in [3.8, 4) is 0 Å². The van der Waals surface area contributed by atoms with Crippen LogP contribution >= 0.6 is 0 Å². The molecule has 38 heavy (non-hydrogen) atoms. The quantitative estimate of drug-likeness (QED) is 0.368. The van der Waals surface area contributed by atoms with Gasteiger partial charge < -0.3 is 20.1 Å². The lowest BCUT2D eigenvalue weighted by molar-refractivity contribution is -0.137. The van der Waals surface area contributed by atoms with Gasteiger partial charge >= 0.3 is 5.97 Å². The van der Waals surface area contributed by atoms with E-state index in [4.69, 9.17) is 0 Å². The number of rotatable bonds is 2. The molecule has 0 fully saturated rings. The third kappa shape index (κ3) is 148. The number of methoxy groups -OCH3 is 2. The van der Waals surface area contributed by atoms with Crippen LogP contribution in [0.5, 0.6) is 0 Å². The normalized spacial score (nSPS) is 6.21. The average Bonchev–Trinajstić information content (AvgIpc) is 2.94. The summed E-state index contributed by atoms with van der Waals surface area (Å²) in [6.07, 6.45) is 0. The van der Waals surface area contributed by atoms with Crippen LogP contribution in [-0.2, 0) is 19.1 Å². The Kier molecular flexibility index (Phi) is 143. The lowest BCUT2D eigenvalue weighted by Gasteiger charge is -1.80. The van der Waals surface area contributed by atoms with Crippen molar-refractivity contribution in [3.63, 3.8) is 0 Å². The third-order valence-corrected chi connectivity index (χ3v) is 2.62. The molecule has 0 heterocycles. The van der Waals surface area contributed by atoms with Crippen LogP contribution in [0.1, 0.15) is 85.1 Å². The van der Waals surface area contributed by atoms with Crippen molar-refractivity contribution >= 4 is 11.9 Å². The van der Waals surface area contributed by atoms with E-state index in [0.29, 0.717) is 0 Å². The van der Waals surface area contributed by atoms with Crippen molar-refractivity contribution < 1.29 is 19.1 Å². The molecule has 0 unspecified atom stereocenters.